The first-order valence-electron chi connectivity index (χ1n) is 6.20. The Kier molecular flexibility index (Phi) is 4.39. The quantitative estimate of drug-likeness (QED) is 0.440. The van der Waals surface area contributed by atoms with E-state index in [9.17, 15) is 4.79 Å². The van der Waals surface area contributed by atoms with E-state index in [0.29, 0.717) is 11.5 Å². The molecule has 0 heterocycles. The number of hydrogen-bond acceptors (Lipinski definition) is 2. The molecule has 94 valence electrons. The lowest BCUT2D eigenvalue weighted by atomic mass is 10.1. The lowest BCUT2D eigenvalue weighted by Crippen LogP contribution is -2.11. The van der Waals surface area contributed by atoms with Crippen LogP contribution in [0.25, 0.3) is 0 Å². The van der Waals surface area contributed by atoms with E-state index in [4.69, 9.17) is 4.74 Å². The van der Waals surface area contributed by atoms with E-state index in [0.717, 1.165) is 10.9 Å². The third-order valence-corrected chi connectivity index (χ3v) is 3.71. The monoisotopic (exact) mass is 260 g/mol. The van der Waals surface area contributed by atoms with Crippen molar-refractivity contribution in [3.05, 3.63) is 29.3 Å². The van der Waals surface area contributed by atoms with Crippen LogP contribution in [0.5, 0.6) is 0 Å². The zero-order chi connectivity index (χ0) is 13.0. The fraction of sp³-hybridized carbons (Fsp3) is 0.400. The number of carbonyl (C=O) groups excluding carboxylic acids is 1. The van der Waals surface area contributed by atoms with Crippen molar-refractivity contribution in [3.8, 4) is 11.8 Å². The first kappa shape index (κ1) is 13.1. The summed E-state index contributed by atoms with van der Waals surface area (Å²) in [6.45, 7) is 0. The van der Waals surface area contributed by atoms with Crippen molar-refractivity contribution in [2.75, 3.05) is 7.11 Å². The van der Waals surface area contributed by atoms with Crippen LogP contribution in [0.2, 0.25) is 0 Å². The highest BCUT2D eigenvalue weighted by molar-refractivity contribution is 7.27. The Morgan fingerprint density at radius 1 is 1.39 bits per heavy atom. The molecule has 0 saturated heterocycles. The third kappa shape index (κ3) is 3.12. The molecule has 1 aliphatic carbocycles. The predicted octanol–water partition coefficient (Wildman–Crippen LogP) is 2.52. The second kappa shape index (κ2) is 6.03. The first-order valence-corrected chi connectivity index (χ1v) is 6.78. The molecule has 1 unspecified atom stereocenters. The van der Waals surface area contributed by atoms with Gasteiger partial charge in [0, 0.05) is 11.5 Å². The van der Waals surface area contributed by atoms with Crippen LogP contribution in [0.4, 0.5) is 0 Å². The summed E-state index contributed by atoms with van der Waals surface area (Å²) in [6, 6.07) is 5.56. The molecule has 0 bridgehead atoms. The minimum absolute atomic E-state index is 0.310. The SMILES string of the molecule is COC(=O)c1ccc(C#CC2CCCC2)cc1P. The molecule has 0 spiro atoms. The van der Waals surface area contributed by atoms with Crippen molar-refractivity contribution in [2.24, 2.45) is 5.92 Å². The molecule has 1 fully saturated rings. The Labute approximate surface area is 110 Å². The molecule has 1 saturated carbocycles. The van der Waals surface area contributed by atoms with Gasteiger partial charge in [-0.05, 0) is 36.3 Å². The van der Waals surface area contributed by atoms with Gasteiger partial charge in [-0.3, -0.25) is 0 Å². The summed E-state index contributed by atoms with van der Waals surface area (Å²) in [5, 5.41) is 0.833. The Hall–Kier alpha value is -1.32. The Balaban J connectivity index is 2.15. The van der Waals surface area contributed by atoms with Gasteiger partial charge in [0.1, 0.15) is 0 Å². The molecule has 1 aromatic rings. The van der Waals surface area contributed by atoms with Crippen LogP contribution in [0.1, 0.15) is 41.6 Å². The summed E-state index contributed by atoms with van der Waals surface area (Å²) in [4.78, 5) is 11.4. The molecule has 0 aliphatic heterocycles. The van der Waals surface area contributed by atoms with Crippen molar-refractivity contribution in [2.45, 2.75) is 25.7 Å². The molecule has 1 atom stereocenters. The minimum Gasteiger partial charge on any atom is -0.465 e. The largest absolute Gasteiger partial charge is 0.465 e. The van der Waals surface area contributed by atoms with E-state index in [1.54, 1.807) is 6.07 Å². The molecule has 1 aromatic carbocycles. The molecule has 2 rings (SSSR count). The predicted molar refractivity (Wildman–Crippen MR) is 76.0 cm³/mol. The summed E-state index contributed by atoms with van der Waals surface area (Å²) in [5.74, 6) is 6.75. The lowest BCUT2D eigenvalue weighted by Gasteiger charge is -2.03. The molecule has 0 amide bonds. The average molecular weight is 260 g/mol. The van der Waals surface area contributed by atoms with Gasteiger partial charge in [0.15, 0.2) is 0 Å². The number of ether oxygens (including phenoxy) is 1. The van der Waals surface area contributed by atoms with E-state index < -0.39 is 0 Å². The van der Waals surface area contributed by atoms with Crippen molar-refractivity contribution >= 4 is 20.5 Å². The standard InChI is InChI=1S/C15H17O2P/c1-17-15(16)13-9-8-12(10-14(13)18)7-6-11-4-2-3-5-11/h8-11H,2-5,18H2,1H3. The third-order valence-electron chi connectivity index (χ3n) is 3.23. The number of carbonyl (C=O) groups is 1. The fourth-order valence-electron chi connectivity index (χ4n) is 2.19. The first-order chi connectivity index (χ1) is 8.70. The number of rotatable bonds is 1. The van der Waals surface area contributed by atoms with Crippen LogP contribution in [0.15, 0.2) is 18.2 Å². The summed E-state index contributed by atoms with van der Waals surface area (Å²) < 4.78 is 4.71. The fourth-order valence-corrected chi connectivity index (χ4v) is 2.59. The Bertz CT molecular complexity index is 505. The number of benzene rings is 1. The van der Waals surface area contributed by atoms with Gasteiger partial charge in [-0.25, -0.2) is 4.79 Å². The zero-order valence-corrected chi connectivity index (χ0v) is 11.7. The van der Waals surface area contributed by atoms with Crippen LogP contribution >= 0.6 is 9.24 Å². The summed E-state index contributed by atoms with van der Waals surface area (Å²) >= 11 is 0. The van der Waals surface area contributed by atoms with Crippen LogP contribution in [-0.4, -0.2) is 13.1 Å². The van der Waals surface area contributed by atoms with Gasteiger partial charge in [0.05, 0.1) is 12.7 Å². The van der Waals surface area contributed by atoms with Crippen LogP contribution in [-0.2, 0) is 4.74 Å². The molecule has 0 radical (unpaired) electrons. The van der Waals surface area contributed by atoms with Crippen molar-refractivity contribution < 1.29 is 9.53 Å². The van der Waals surface area contributed by atoms with Crippen LogP contribution in [0, 0.1) is 17.8 Å². The molecule has 18 heavy (non-hydrogen) atoms. The van der Waals surface area contributed by atoms with Crippen LogP contribution in [0.3, 0.4) is 0 Å². The molecule has 0 N–H and O–H groups in total. The zero-order valence-electron chi connectivity index (χ0n) is 10.5. The number of hydrogen-bond donors (Lipinski definition) is 0. The molecular weight excluding hydrogens is 243 g/mol. The summed E-state index contributed by atoms with van der Waals surface area (Å²) in [5.41, 5.74) is 1.54. The summed E-state index contributed by atoms with van der Waals surface area (Å²) in [7, 11) is 3.95. The topological polar surface area (TPSA) is 26.3 Å². The molecule has 1 aliphatic rings. The maximum Gasteiger partial charge on any atom is 0.338 e. The lowest BCUT2D eigenvalue weighted by molar-refractivity contribution is 0.0602. The van der Waals surface area contributed by atoms with Crippen molar-refractivity contribution in [3.63, 3.8) is 0 Å². The molecule has 0 aromatic heterocycles. The second-order valence-electron chi connectivity index (χ2n) is 4.54. The minimum atomic E-state index is -0.310. The average Bonchev–Trinajstić information content (AvgIpc) is 2.88. The normalized spacial score (nSPS) is 15.0. The maximum absolute atomic E-state index is 11.4. The number of esters is 1. The van der Waals surface area contributed by atoms with E-state index >= 15 is 0 Å². The van der Waals surface area contributed by atoms with E-state index in [2.05, 4.69) is 21.1 Å². The Morgan fingerprint density at radius 3 is 2.72 bits per heavy atom. The van der Waals surface area contributed by atoms with Crippen LogP contribution < -0.4 is 5.30 Å². The van der Waals surface area contributed by atoms with Gasteiger partial charge in [-0.2, -0.15) is 0 Å². The van der Waals surface area contributed by atoms with E-state index in [1.807, 2.05) is 12.1 Å². The van der Waals surface area contributed by atoms with Gasteiger partial charge < -0.3 is 4.74 Å². The maximum atomic E-state index is 11.4. The molecule has 2 nitrogen and oxygen atoms in total. The summed E-state index contributed by atoms with van der Waals surface area (Å²) in [6.07, 6.45) is 5.05. The van der Waals surface area contributed by atoms with Gasteiger partial charge >= 0.3 is 5.97 Å². The van der Waals surface area contributed by atoms with E-state index in [1.165, 1.54) is 32.8 Å². The van der Waals surface area contributed by atoms with Gasteiger partial charge in [0.2, 0.25) is 0 Å². The highest BCUT2D eigenvalue weighted by atomic mass is 31.0. The van der Waals surface area contributed by atoms with Gasteiger partial charge in [0.25, 0.3) is 0 Å². The van der Waals surface area contributed by atoms with Crippen molar-refractivity contribution in [1.29, 1.82) is 0 Å². The highest BCUT2D eigenvalue weighted by Gasteiger charge is 2.12. The van der Waals surface area contributed by atoms with Crippen molar-refractivity contribution in [1.82, 2.24) is 0 Å². The molecular formula is C15H17O2P. The Morgan fingerprint density at radius 2 is 2.11 bits per heavy atom. The van der Waals surface area contributed by atoms with E-state index in [-0.39, 0.29) is 5.97 Å². The van der Waals surface area contributed by atoms with Gasteiger partial charge in [-0.15, -0.1) is 9.24 Å². The smallest absolute Gasteiger partial charge is 0.338 e. The molecule has 3 heteroatoms. The van der Waals surface area contributed by atoms with Gasteiger partial charge in [-0.1, -0.05) is 24.7 Å². The highest BCUT2D eigenvalue weighted by Crippen LogP contribution is 2.23. The second-order valence-corrected chi connectivity index (χ2v) is 5.17. The number of methoxy groups -OCH3 is 1.